The maximum absolute atomic E-state index is 10.2. The Kier molecular flexibility index (Phi) is 32.2. The van der Waals surface area contributed by atoms with Gasteiger partial charge in [0.25, 0.3) is 0 Å². The minimum absolute atomic E-state index is 0.0219. The van der Waals surface area contributed by atoms with Gasteiger partial charge >= 0.3 is 5.97 Å². The van der Waals surface area contributed by atoms with E-state index >= 15 is 0 Å². The van der Waals surface area contributed by atoms with Crippen molar-refractivity contribution in [3.63, 3.8) is 0 Å². The summed E-state index contributed by atoms with van der Waals surface area (Å²) in [4.78, 5) is 24.6. The first-order chi connectivity index (χ1) is 25.0. The van der Waals surface area contributed by atoms with Crippen LogP contribution < -0.4 is 5.32 Å². The topological polar surface area (TPSA) is 93.4 Å². The van der Waals surface area contributed by atoms with Crippen LogP contribution in [0.3, 0.4) is 0 Å². The van der Waals surface area contributed by atoms with Gasteiger partial charge in [0, 0.05) is 28.7 Å². The molecule has 1 aromatic heterocycles. The molecule has 52 heavy (non-hydrogen) atoms. The van der Waals surface area contributed by atoms with E-state index in [9.17, 15) is 9.59 Å². The SMILES string of the molecule is C=C/C(Cl)=C\C(Cl)=C(/C)c1cn(C/C=C/CC)c(C(C/C=C/C=C(\C=C/C)OC/C(C)=C/C)NC)n1.C=CCC(=O)O.CC.O=CC1CCCCC1. The number of carbonyl (C=O) groups is 2. The number of rotatable bonds is 18. The number of hydrogen-bond acceptors (Lipinski definition) is 5. The van der Waals surface area contributed by atoms with Gasteiger partial charge in [-0.3, -0.25) is 4.79 Å². The van der Waals surface area contributed by atoms with Crippen molar-refractivity contribution in [3.05, 3.63) is 119 Å². The van der Waals surface area contributed by atoms with Gasteiger partial charge in [-0.05, 0) is 89.8 Å². The van der Waals surface area contributed by atoms with Crippen LogP contribution in [0.25, 0.3) is 5.57 Å². The molecular weight excluding hydrogens is 693 g/mol. The summed E-state index contributed by atoms with van der Waals surface area (Å²) in [7, 11) is 1.95. The van der Waals surface area contributed by atoms with E-state index < -0.39 is 5.97 Å². The molecule has 2 rings (SSSR count). The monoisotopic (exact) mass is 757 g/mol. The van der Waals surface area contributed by atoms with Crippen LogP contribution in [0.5, 0.6) is 0 Å². The zero-order valence-electron chi connectivity index (χ0n) is 33.0. The molecule has 0 radical (unpaired) electrons. The third kappa shape index (κ3) is 23.8. The molecular formula is C43H65Cl2N3O4. The van der Waals surface area contributed by atoms with Crippen molar-refractivity contribution in [2.24, 2.45) is 5.92 Å². The number of ether oxygens (including phenoxy) is 1. The number of allylic oxidation sites excluding steroid dienone is 12. The van der Waals surface area contributed by atoms with Crippen molar-refractivity contribution >= 4 is 41.0 Å². The third-order valence-electron chi connectivity index (χ3n) is 7.59. The Balaban J connectivity index is 0. The highest BCUT2D eigenvalue weighted by Gasteiger charge is 2.18. The quantitative estimate of drug-likeness (QED) is 0.0670. The molecule has 1 atom stereocenters. The lowest BCUT2D eigenvalue weighted by Gasteiger charge is -2.15. The predicted octanol–water partition coefficient (Wildman–Crippen LogP) is 12.2. The van der Waals surface area contributed by atoms with Gasteiger partial charge in [0.1, 0.15) is 24.5 Å². The van der Waals surface area contributed by atoms with Gasteiger partial charge in [-0.25, -0.2) is 4.98 Å². The van der Waals surface area contributed by atoms with E-state index in [4.69, 9.17) is 38.0 Å². The molecule has 1 aliphatic rings. The van der Waals surface area contributed by atoms with Crippen molar-refractivity contribution in [1.29, 1.82) is 0 Å². The highest BCUT2D eigenvalue weighted by Crippen LogP contribution is 2.26. The molecule has 1 fully saturated rings. The van der Waals surface area contributed by atoms with Crippen molar-refractivity contribution in [3.8, 4) is 0 Å². The number of aliphatic carboxylic acids is 1. The van der Waals surface area contributed by atoms with E-state index in [2.05, 4.69) is 61.2 Å². The molecule has 2 N–H and O–H groups in total. The van der Waals surface area contributed by atoms with Crippen molar-refractivity contribution in [2.45, 2.75) is 112 Å². The molecule has 1 aromatic rings. The molecule has 9 heteroatoms. The molecule has 7 nitrogen and oxygen atoms in total. The Bertz CT molecular complexity index is 1390. The number of carboxylic acids is 1. The Morgan fingerprint density at radius 1 is 1.13 bits per heavy atom. The van der Waals surface area contributed by atoms with Crippen LogP contribution in [-0.4, -0.2) is 40.6 Å². The summed E-state index contributed by atoms with van der Waals surface area (Å²) >= 11 is 12.6. The van der Waals surface area contributed by atoms with E-state index in [-0.39, 0.29) is 12.5 Å². The molecule has 0 saturated heterocycles. The lowest BCUT2D eigenvalue weighted by molar-refractivity contribution is -0.136. The van der Waals surface area contributed by atoms with Crippen LogP contribution >= 0.6 is 23.2 Å². The summed E-state index contributed by atoms with van der Waals surface area (Å²) in [6, 6.07) is 0.0219. The van der Waals surface area contributed by atoms with E-state index in [0.29, 0.717) is 22.6 Å². The number of nitrogens with one attached hydrogen (secondary N) is 1. The Morgan fingerprint density at radius 2 is 1.81 bits per heavy atom. The largest absolute Gasteiger partial charge is 0.489 e. The molecule has 0 amide bonds. The zero-order valence-corrected chi connectivity index (χ0v) is 34.5. The van der Waals surface area contributed by atoms with Gasteiger partial charge in [-0.2, -0.15) is 0 Å². The summed E-state index contributed by atoms with van der Waals surface area (Å²) in [6.07, 6.45) is 32.2. The smallest absolute Gasteiger partial charge is 0.307 e. The second kappa shape index (κ2) is 33.2. The van der Waals surface area contributed by atoms with Crippen LogP contribution in [-0.2, 0) is 20.9 Å². The standard InChI is InChI=1S/C30H41Cl2N3O.C7H12O.C4H6O2.C2H6/c1-8-12-15-19-35-21-29(24(6)27(32)20-25(31)11-4)34-30(35)28(33-7)18-14-13-17-26(16-9-2)36-22-23(5)10-3;8-6-7-4-2-1-3-5-7;1-2-3-4(5)6;1-2/h9-17,20-21,28,33H,4,8,18-19,22H2,1-3,5-7H3;6-7H,1-5H2;2H,1,3H2,(H,5,6);1-2H3/b14-13+,15-12+,16-9-,23-10+,25-20+,26-17+,27-24-;;;. The Morgan fingerprint density at radius 3 is 2.29 bits per heavy atom. The number of halogens is 2. The lowest BCUT2D eigenvalue weighted by Crippen LogP contribution is -2.20. The maximum Gasteiger partial charge on any atom is 0.307 e. The molecule has 290 valence electrons. The first kappa shape index (κ1) is 50.5. The minimum atomic E-state index is -0.829. The Hall–Kier alpha value is -3.65. The van der Waals surface area contributed by atoms with Gasteiger partial charge in [-0.15, -0.1) is 6.58 Å². The summed E-state index contributed by atoms with van der Waals surface area (Å²) in [5.41, 5.74) is 2.86. The van der Waals surface area contributed by atoms with Gasteiger partial charge in [0.2, 0.25) is 0 Å². The zero-order chi connectivity index (χ0) is 39.7. The Labute approximate surface area is 325 Å². The first-order valence-electron chi connectivity index (χ1n) is 18.3. The fourth-order valence-corrected chi connectivity index (χ4v) is 4.90. The summed E-state index contributed by atoms with van der Waals surface area (Å²) in [6.45, 7) is 22.3. The molecule has 1 unspecified atom stereocenters. The molecule has 1 aliphatic carbocycles. The van der Waals surface area contributed by atoms with Crippen LogP contribution in [0, 0.1) is 5.92 Å². The summed E-state index contributed by atoms with van der Waals surface area (Å²) < 4.78 is 8.05. The van der Waals surface area contributed by atoms with E-state index in [1.165, 1.54) is 30.9 Å². The number of carbonyl (C=O) groups excluding carboxylic acids is 1. The van der Waals surface area contributed by atoms with Crippen molar-refractivity contribution < 1.29 is 19.4 Å². The summed E-state index contributed by atoms with van der Waals surface area (Å²) in [5, 5.41) is 12.3. The van der Waals surface area contributed by atoms with Crippen LogP contribution in [0.1, 0.15) is 117 Å². The molecule has 0 aromatic carbocycles. The first-order valence-corrected chi connectivity index (χ1v) is 19.0. The third-order valence-corrected chi connectivity index (χ3v) is 8.25. The number of hydrogen-bond donors (Lipinski definition) is 2. The lowest BCUT2D eigenvalue weighted by atomic mass is 9.91. The normalized spacial score (nSPS) is 15.1. The highest BCUT2D eigenvalue weighted by molar-refractivity contribution is 6.37. The van der Waals surface area contributed by atoms with Gasteiger partial charge in [0.15, 0.2) is 0 Å². The van der Waals surface area contributed by atoms with E-state index in [1.54, 1.807) is 12.2 Å². The average Bonchev–Trinajstić information content (AvgIpc) is 3.58. The predicted molar refractivity (Wildman–Crippen MR) is 225 cm³/mol. The van der Waals surface area contributed by atoms with Crippen LogP contribution in [0.4, 0.5) is 0 Å². The van der Waals surface area contributed by atoms with Gasteiger partial charge < -0.3 is 24.5 Å². The highest BCUT2D eigenvalue weighted by atomic mass is 35.5. The van der Waals surface area contributed by atoms with E-state index in [1.807, 2.05) is 72.2 Å². The van der Waals surface area contributed by atoms with Crippen LogP contribution in [0.15, 0.2) is 108 Å². The number of imidazole rings is 1. The minimum Gasteiger partial charge on any atom is -0.489 e. The van der Waals surface area contributed by atoms with Crippen molar-refractivity contribution in [2.75, 3.05) is 13.7 Å². The van der Waals surface area contributed by atoms with Crippen molar-refractivity contribution in [1.82, 2.24) is 14.9 Å². The molecule has 0 aliphatic heterocycles. The van der Waals surface area contributed by atoms with Crippen LogP contribution in [0.2, 0.25) is 0 Å². The molecule has 0 spiro atoms. The number of carboxylic acid groups (broad SMARTS) is 1. The second-order valence-electron chi connectivity index (χ2n) is 11.6. The molecule has 0 bridgehead atoms. The van der Waals surface area contributed by atoms with Gasteiger partial charge in [0.05, 0.1) is 18.2 Å². The average molecular weight is 759 g/mol. The number of aldehydes is 1. The maximum atomic E-state index is 10.2. The molecule has 1 heterocycles. The summed E-state index contributed by atoms with van der Waals surface area (Å²) in [5.74, 6) is 1.35. The fourth-order valence-electron chi connectivity index (χ4n) is 4.52. The fraction of sp³-hybridized carbons (Fsp3) is 0.465. The second-order valence-corrected chi connectivity index (χ2v) is 12.5. The molecule has 1 saturated carbocycles. The van der Waals surface area contributed by atoms with Gasteiger partial charge in [-0.1, -0.05) is 118 Å². The number of nitrogens with zero attached hydrogens (tertiary/aromatic N) is 2. The van der Waals surface area contributed by atoms with E-state index in [0.717, 1.165) is 61.4 Å². The number of aromatic nitrogens is 2.